The van der Waals surface area contributed by atoms with Crippen LogP contribution in [0, 0.1) is 5.82 Å². The summed E-state index contributed by atoms with van der Waals surface area (Å²) in [6, 6.07) is 14.2. The van der Waals surface area contributed by atoms with E-state index in [2.05, 4.69) is 25.5 Å². The van der Waals surface area contributed by atoms with Gasteiger partial charge in [0.1, 0.15) is 11.6 Å². The summed E-state index contributed by atoms with van der Waals surface area (Å²) in [6.07, 6.45) is 0.272. The van der Waals surface area contributed by atoms with E-state index in [4.69, 9.17) is 0 Å². The summed E-state index contributed by atoms with van der Waals surface area (Å²) in [6.45, 7) is 0.675. The molecule has 5 rings (SSSR count). The molecule has 2 aromatic carbocycles. The first-order valence-corrected chi connectivity index (χ1v) is 10.7. The molecule has 0 unspecified atom stereocenters. The van der Waals surface area contributed by atoms with E-state index < -0.39 is 17.8 Å². The molecule has 0 saturated heterocycles. The molecule has 1 aliphatic carbocycles. The van der Waals surface area contributed by atoms with Crippen LogP contribution in [0.5, 0.6) is 5.75 Å². The Labute approximate surface area is 192 Å². The van der Waals surface area contributed by atoms with Gasteiger partial charge in [-0.2, -0.15) is 13.8 Å². The predicted octanol–water partition coefficient (Wildman–Crippen LogP) is 5.16. The van der Waals surface area contributed by atoms with Gasteiger partial charge in [-0.3, -0.25) is 4.79 Å². The molecule has 34 heavy (non-hydrogen) atoms. The van der Waals surface area contributed by atoms with Gasteiger partial charge in [0, 0.05) is 30.4 Å². The van der Waals surface area contributed by atoms with E-state index >= 15 is 0 Å². The Morgan fingerprint density at radius 2 is 1.91 bits per heavy atom. The third kappa shape index (κ3) is 4.80. The van der Waals surface area contributed by atoms with Crippen LogP contribution in [-0.2, 0) is 0 Å². The first-order valence-electron chi connectivity index (χ1n) is 10.7. The number of amides is 1. The summed E-state index contributed by atoms with van der Waals surface area (Å²) < 4.78 is 46.8. The van der Waals surface area contributed by atoms with Gasteiger partial charge in [-0.25, -0.2) is 8.91 Å². The van der Waals surface area contributed by atoms with Crippen LogP contribution in [0.25, 0.3) is 16.8 Å². The number of carbonyl (C=O) groups is 1. The van der Waals surface area contributed by atoms with Crippen LogP contribution in [0.4, 0.5) is 24.8 Å². The highest BCUT2D eigenvalue weighted by Crippen LogP contribution is 2.29. The number of carbonyl (C=O) groups excluding carboxylic acids is 1. The van der Waals surface area contributed by atoms with Gasteiger partial charge in [-0.15, -0.1) is 5.10 Å². The summed E-state index contributed by atoms with van der Waals surface area (Å²) in [5.74, 6) is -0.801. The molecule has 1 fully saturated rings. The third-order valence-electron chi connectivity index (χ3n) is 5.21. The van der Waals surface area contributed by atoms with Crippen molar-refractivity contribution in [1.82, 2.24) is 19.9 Å². The molecule has 2 N–H and O–H groups in total. The van der Waals surface area contributed by atoms with Crippen LogP contribution < -0.4 is 15.4 Å². The normalized spacial score (nSPS) is 13.6. The van der Waals surface area contributed by atoms with Gasteiger partial charge < -0.3 is 15.4 Å². The predicted molar refractivity (Wildman–Crippen MR) is 120 cm³/mol. The monoisotopic (exact) mass is 467 g/mol. The minimum atomic E-state index is -3.27. The van der Waals surface area contributed by atoms with Crippen LogP contribution in [0.2, 0.25) is 0 Å². The highest BCUT2D eigenvalue weighted by atomic mass is 19.3. The smallest absolute Gasteiger partial charge is 0.394 e. The van der Waals surface area contributed by atoms with Crippen LogP contribution in [0.15, 0.2) is 60.8 Å². The zero-order valence-corrected chi connectivity index (χ0v) is 18.1. The number of hydrogen-bond acceptors (Lipinski definition) is 5. The van der Waals surface area contributed by atoms with Crippen molar-refractivity contribution in [2.75, 3.05) is 5.32 Å². The molecule has 10 heteroatoms. The average molecular weight is 467 g/mol. The number of fused-ring (bicyclic) bond motifs is 1. The summed E-state index contributed by atoms with van der Waals surface area (Å²) in [7, 11) is 0. The van der Waals surface area contributed by atoms with Gasteiger partial charge in [-0.05, 0) is 60.9 Å². The van der Waals surface area contributed by atoms with E-state index in [-0.39, 0.29) is 23.3 Å². The molecule has 2 aromatic heterocycles. The SMILES string of the molecule is CC(F)(F)Oc1ccc(-c2cccn3nc(Nc4ccc(C(=O)NC5CC5)c(F)c4)nc23)cc1. The van der Waals surface area contributed by atoms with Gasteiger partial charge in [0.15, 0.2) is 5.65 Å². The second-order valence-corrected chi connectivity index (χ2v) is 8.13. The van der Waals surface area contributed by atoms with E-state index in [1.807, 2.05) is 6.07 Å². The van der Waals surface area contributed by atoms with E-state index in [9.17, 15) is 18.0 Å². The molecule has 1 saturated carbocycles. The van der Waals surface area contributed by atoms with Gasteiger partial charge in [-0.1, -0.05) is 12.1 Å². The maximum Gasteiger partial charge on any atom is 0.394 e. The third-order valence-corrected chi connectivity index (χ3v) is 5.21. The first-order chi connectivity index (χ1) is 16.2. The Bertz CT molecular complexity index is 1360. The number of aromatic nitrogens is 3. The van der Waals surface area contributed by atoms with E-state index in [0.29, 0.717) is 18.3 Å². The molecule has 0 radical (unpaired) electrons. The molecule has 0 spiro atoms. The lowest BCUT2D eigenvalue weighted by Gasteiger charge is -2.13. The van der Waals surface area contributed by atoms with Crippen molar-refractivity contribution < 1.29 is 22.7 Å². The van der Waals surface area contributed by atoms with Crippen molar-refractivity contribution in [3.8, 4) is 16.9 Å². The van der Waals surface area contributed by atoms with Crippen molar-refractivity contribution >= 4 is 23.2 Å². The number of rotatable bonds is 7. The Morgan fingerprint density at radius 3 is 2.59 bits per heavy atom. The molecule has 7 nitrogen and oxygen atoms in total. The number of nitrogens with one attached hydrogen (secondary N) is 2. The van der Waals surface area contributed by atoms with Crippen molar-refractivity contribution in [1.29, 1.82) is 0 Å². The minimum absolute atomic E-state index is 0.0176. The molecule has 174 valence electrons. The highest BCUT2D eigenvalue weighted by Gasteiger charge is 2.25. The van der Waals surface area contributed by atoms with Gasteiger partial charge >= 0.3 is 6.11 Å². The lowest BCUT2D eigenvalue weighted by molar-refractivity contribution is -0.158. The second-order valence-electron chi connectivity index (χ2n) is 8.13. The van der Waals surface area contributed by atoms with Crippen LogP contribution in [0.1, 0.15) is 30.1 Å². The molecular weight excluding hydrogens is 447 g/mol. The number of ether oxygens (including phenoxy) is 1. The molecule has 1 aliphatic rings. The summed E-state index contributed by atoms with van der Waals surface area (Å²) in [5, 5.41) is 10.1. The minimum Gasteiger partial charge on any atom is -0.433 e. The molecule has 0 atom stereocenters. The fraction of sp³-hybridized carbons (Fsp3) is 0.208. The molecule has 0 aliphatic heterocycles. The average Bonchev–Trinajstić information content (AvgIpc) is 3.49. The lowest BCUT2D eigenvalue weighted by Crippen LogP contribution is -2.26. The number of anilines is 2. The molecule has 2 heterocycles. The van der Waals surface area contributed by atoms with Crippen LogP contribution in [0.3, 0.4) is 0 Å². The van der Waals surface area contributed by atoms with Crippen LogP contribution >= 0.6 is 0 Å². The fourth-order valence-electron chi connectivity index (χ4n) is 3.49. The Kier molecular flexibility index (Phi) is 5.35. The maximum atomic E-state index is 14.5. The van der Waals surface area contributed by atoms with E-state index in [1.54, 1.807) is 35.0 Å². The van der Waals surface area contributed by atoms with Gasteiger partial charge in [0.2, 0.25) is 5.95 Å². The van der Waals surface area contributed by atoms with Gasteiger partial charge in [0.05, 0.1) is 5.56 Å². The maximum absolute atomic E-state index is 14.5. The van der Waals surface area contributed by atoms with Crippen LogP contribution in [-0.4, -0.2) is 32.7 Å². The zero-order chi connectivity index (χ0) is 23.9. The summed E-state index contributed by atoms with van der Waals surface area (Å²) in [5.41, 5.74) is 2.33. The topological polar surface area (TPSA) is 80.5 Å². The first kappa shape index (κ1) is 21.7. The fourth-order valence-corrected chi connectivity index (χ4v) is 3.49. The van der Waals surface area contributed by atoms with Crippen molar-refractivity contribution in [3.05, 3.63) is 72.2 Å². The van der Waals surface area contributed by atoms with E-state index in [0.717, 1.165) is 24.0 Å². The summed E-state index contributed by atoms with van der Waals surface area (Å²) in [4.78, 5) is 16.6. The van der Waals surface area contributed by atoms with Gasteiger partial charge in [0.25, 0.3) is 5.91 Å². The molecule has 0 bridgehead atoms. The highest BCUT2D eigenvalue weighted by molar-refractivity contribution is 5.95. The quantitative estimate of drug-likeness (QED) is 0.392. The Morgan fingerprint density at radius 1 is 1.15 bits per heavy atom. The van der Waals surface area contributed by atoms with Crippen molar-refractivity contribution in [2.24, 2.45) is 0 Å². The lowest BCUT2D eigenvalue weighted by atomic mass is 10.1. The number of nitrogens with zero attached hydrogens (tertiary/aromatic N) is 3. The van der Waals surface area contributed by atoms with Crippen molar-refractivity contribution in [2.45, 2.75) is 31.9 Å². The number of halogens is 3. The molecule has 4 aromatic rings. The molecular formula is C24H20F3N5O2. The number of alkyl halides is 2. The number of benzene rings is 2. The Balaban J connectivity index is 1.37. The largest absolute Gasteiger partial charge is 0.433 e. The second kappa shape index (κ2) is 8.36. The Hall–Kier alpha value is -4.08. The molecule has 1 amide bonds. The van der Waals surface area contributed by atoms with Crippen molar-refractivity contribution in [3.63, 3.8) is 0 Å². The summed E-state index contributed by atoms with van der Waals surface area (Å²) >= 11 is 0. The zero-order valence-electron chi connectivity index (χ0n) is 18.1. The standard InChI is InChI=1S/C24H20F3N5O2/c1-24(26,27)34-17-9-4-14(5-10-17)18-3-2-12-32-21(18)30-23(31-32)29-16-8-11-19(20(25)13-16)22(33)28-15-6-7-15/h2-5,8-13,15H,6-7H2,1H3,(H,28,33)(H,29,31). The number of hydrogen-bond donors (Lipinski definition) is 2. The van der Waals surface area contributed by atoms with E-state index in [1.165, 1.54) is 24.3 Å². The number of pyridine rings is 1.